The smallest absolute Gasteiger partial charge is 0.309 e. The topological polar surface area (TPSA) is 52.3 Å². The molecule has 70 valence electrons. The van der Waals surface area contributed by atoms with Crippen LogP contribution in [0.2, 0.25) is 5.02 Å². The number of carbonyl (C=O) groups excluding carboxylic acids is 1. The molecule has 0 amide bonds. The van der Waals surface area contributed by atoms with Gasteiger partial charge in [0.2, 0.25) is 0 Å². The van der Waals surface area contributed by atoms with Gasteiger partial charge in [0.05, 0.1) is 24.2 Å². The molecule has 13 heavy (non-hydrogen) atoms. The standard InChI is InChI=1S/C9H10ClNO2/c1-13-9(12)5-6-2-3-7(10)8(11)4-6/h2-4H,5,11H2,1H3. The molecule has 0 spiro atoms. The molecule has 0 bridgehead atoms. The minimum absolute atomic E-state index is 0.220. The van der Waals surface area contributed by atoms with Crippen molar-refractivity contribution in [3.05, 3.63) is 28.8 Å². The van der Waals surface area contributed by atoms with Gasteiger partial charge in [0.1, 0.15) is 0 Å². The summed E-state index contributed by atoms with van der Waals surface area (Å²) >= 11 is 5.71. The Labute approximate surface area is 81.4 Å². The summed E-state index contributed by atoms with van der Waals surface area (Å²) in [4.78, 5) is 10.9. The van der Waals surface area contributed by atoms with E-state index in [4.69, 9.17) is 17.3 Å². The summed E-state index contributed by atoms with van der Waals surface area (Å²) in [7, 11) is 1.35. The van der Waals surface area contributed by atoms with Crippen molar-refractivity contribution in [2.45, 2.75) is 6.42 Å². The monoisotopic (exact) mass is 199 g/mol. The van der Waals surface area contributed by atoms with Gasteiger partial charge in [-0.05, 0) is 17.7 Å². The highest BCUT2D eigenvalue weighted by Gasteiger charge is 2.04. The minimum Gasteiger partial charge on any atom is -0.469 e. The molecule has 0 unspecified atom stereocenters. The predicted molar refractivity (Wildman–Crippen MR) is 51.6 cm³/mol. The van der Waals surface area contributed by atoms with E-state index in [1.54, 1.807) is 18.2 Å². The molecule has 0 aliphatic carbocycles. The Morgan fingerprint density at radius 2 is 2.31 bits per heavy atom. The van der Waals surface area contributed by atoms with E-state index in [1.165, 1.54) is 7.11 Å². The fraction of sp³-hybridized carbons (Fsp3) is 0.222. The van der Waals surface area contributed by atoms with Gasteiger partial charge < -0.3 is 10.5 Å². The van der Waals surface area contributed by atoms with Crippen molar-refractivity contribution in [3.63, 3.8) is 0 Å². The van der Waals surface area contributed by atoms with E-state index >= 15 is 0 Å². The lowest BCUT2D eigenvalue weighted by atomic mass is 10.1. The van der Waals surface area contributed by atoms with Crippen LogP contribution in [0, 0.1) is 0 Å². The molecule has 3 nitrogen and oxygen atoms in total. The van der Waals surface area contributed by atoms with E-state index in [1.807, 2.05) is 0 Å². The number of hydrogen-bond acceptors (Lipinski definition) is 3. The maximum Gasteiger partial charge on any atom is 0.309 e. The van der Waals surface area contributed by atoms with Crippen LogP contribution >= 0.6 is 11.6 Å². The fourth-order valence-electron chi connectivity index (χ4n) is 0.942. The van der Waals surface area contributed by atoms with Gasteiger partial charge in [-0.1, -0.05) is 17.7 Å². The van der Waals surface area contributed by atoms with E-state index < -0.39 is 0 Å². The number of ether oxygens (including phenoxy) is 1. The maximum atomic E-state index is 10.9. The van der Waals surface area contributed by atoms with Crippen molar-refractivity contribution in [2.24, 2.45) is 0 Å². The average Bonchev–Trinajstić information content (AvgIpc) is 2.11. The molecule has 0 aliphatic heterocycles. The molecule has 4 heteroatoms. The summed E-state index contributed by atoms with van der Waals surface area (Å²) in [5, 5.41) is 0.494. The first kappa shape index (κ1) is 9.86. The van der Waals surface area contributed by atoms with Crippen molar-refractivity contribution < 1.29 is 9.53 Å². The molecule has 0 aromatic heterocycles. The second-order valence-electron chi connectivity index (χ2n) is 2.61. The van der Waals surface area contributed by atoms with Gasteiger partial charge in [-0.3, -0.25) is 4.79 Å². The van der Waals surface area contributed by atoms with Crippen LogP contribution in [0.15, 0.2) is 18.2 Å². The van der Waals surface area contributed by atoms with Crippen LogP contribution in [0.3, 0.4) is 0 Å². The highest BCUT2D eigenvalue weighted by Crippen LogP contribution is 2.19. The summed E-state index contributed by atoms with van der Waals surface area (Å²) in [6.07, 6.45) is 0.220. The minimum atomic E-state index is -0.290. The van der Waals surface area contributed by atoms with Crippen molar-refractivity contribution in [1.29, 1.82) is 0 Å². The quantitative estimate of drug-likeness (QED) is 0.582. The molecule has 0 fully saturated rings. The van der Waals surface area contributed by atoms with Gasteiger partial charge in [0.25, 0.3) is 0 Å². The largest absolute Gasteiger partial charge is 0.469 e. The maximum absolute atomic E-state index is 10.9. The zero-order valence-electron chi connectivity index (χ0n) is 7.21. The third-order valence-electron chi connectivity index (χ3n) is 1.64. The molecular weight excluding hydrogens is 190 g/mol. The second kappa shape index (κ2) is 4.14. The van der Waals surface area contributed by atoms with Crippen molar-refractivity contribution in [3.8, 4) is 0 Å². The Morgan fingerprint density at radius 1 is 1.62 bits per heavy atom. The third-order valence-corrected chi connectivity index (χ3v) is 1.98. The van der Waals surface area contributed by atoms with E-state index in [0.29, 0.717) is 10.7 Å². The lowest BCUT2D eigenvalue weighted by molar-refractivity contribution is -0.139. The molecule has 1 aromatic carbocycles. The number of rotatable bonds is 2. The summed E-state index contributed by atoms with van der Waals surface area (Å²) in [5.74, 6) is -0.290. The van der Waals surface area contributed by atoms with Gasteiger partial charge in [-0.2, -0.15) is 0 Å². The first-order valence-electron chi connectivity index (χ1n) is 3.74. The van der Waals surface area contributed by atoms with Crippen molar-refractivity contribution in [1.82, 2.24) is 0 Å². The lowest BCUT2D eigenvalue weighted by Crippen LogP contribution is -2.04. The molecule has 0 saturated heterocycles. The number of benzene rings is 1. The van der Waals surface area contributed by atoms with Crippen LogP contribution in [0.5, 0.6) is 0 Å². The van der Waals surface area contributed by atoms with Crippen molar-refractivity contribution >= 4 is 23.3 Å². The van der Waals surface area contributed by atoms with Crippen LogP contribution in [0.25, 0.3) is 0 Å². The Balaban J connectivity index is 2.79. The molecule has 0 atom stereocenters. The number of carbonyl (C=O) groups is 1. The van der Waals surface area contributed by atoms with E-state index in [9.17, 15) is 4.79 Å². The van der Waals surface area contributed by atoms with Gasteiger partial charge in [0.15, 0.2) is 0 Å². The lowest BCUT2D eigenvalue weighted by Gasteiger charge is -2.02. The number of nitrogens with two attached hydrogens (primary N) is 1. The highest BCUT2D eigenvalue weighted by atomic mass is 35.5. The molecule has 1 aromatic rings. The predicted octanol–water partition coefficient (Wildman–Crippen LogP) is 1.64. The van der Waals surface area contributed by atoms with Crippen LogP contribution < -0.4 is 5.73 Å². The Bertz CT molecular complexity index is 325. The second-order valence-corrected chi connectivity index (χ2v) is 3.02. The third kappa shape index (κ3) is 2.63. The molecule has 0 radical (unpaired) electrons. The SMILES string of the molecule is COC(=O)Cc1ccc(Cl)c(N)c1. The highest BCUT2D eigenvalue weighted by molar-refractivity contribution is 6.33. The van der Waals surface area contributed by atoms with Crippen LogP contribution in [-0.2, 0) is 16.0 Å². The zero-order valence-corrected chi connectivity index (χ0v) is 7.97. The van der Waals surface area contributed by atoms with E-state index in [-0.39, 0.29) is 12.4 Å². The van der Waals surface area contributed by atoms with Gasteiger partial charge in [-0.25, -0.2) is 0 Å². The number of esters is 1. The van der Waals surface area contributed by atoms with Crippen molar-refractivity contribution in [2.75, 3.05) is 12.8 Å². The zero-order chi connectivity index (χ0) is 9.84. The molecule has 1 rings (SSSR count). The molecule has 2 N–H and O–H groups in total. The summed E-state index contributed by atoms with van der Waals surface area (Å²) < 4.78 is 4.51. The van der Waals surface area contributed by atoms with E-state index in [2.05, 4.69) is 4.74 Å². The summed E-state index contributed by atoms with van der Waals surface area (Å²) in [5.41, 5.74) is 6.83. The fourth-order valence-corrected chi connectivity index (χ4v) is 1.06. The molecular formula is C9H10ClNO2. The van der Waals surface area contributed by atoms with Gasteiger partial charge in [0, 0.05) is 0 Å². The average molecular weight is 200 g/mol. The molecule has 0 heterocycles. The van der Waals surface area contributed by atoms with Crippen LogP contribution in [-0.4, -0.2) is 13.1 Å². The first-order valence-corrected chi connectivity index (χ1v) is 4.12. The Hall–Kier alpha value is -1.22. The molecule has 0 saturated carbocycles. The number of nitrogen functional groups attached to an aromatic ring is 1. The Morgan fingerprint density at radius 3 is 2.85 bits per heavy atom. The number of methoxy groups -OCH3 is 1. The number of anilines is 1. The summed E-state index contributed by atoms with van der Waals surface area (Å²) in [6.45, 7) is 0. The van der Waals surface area contributed by atoms with E-state index in [0.717, 1.165) is 5.56 Å². The first-order chi connectivity index (χ1) is 6.13. The number of halogens is 1. The van der Waals surface area contributed by atoms with Crippen LogP contribution in [0.1, 0.15) is 5.56 Å². The van der Waals surface area contributed by atoms with Gasteiger partial charge in [-0.15, -0.1) is 0 Å². The van der Waals surface area contributed by atoms with Gasteiger partial charge >= 0.3 is 5.97 Å². The van der Waals surface area contributed by atoms with Crippen LogP contribution in [0.4, 0.5) is 5.69 Å². The molecule has 0 aliphatic rings. The Kier molecular flexibility index (Phi) is 3.14. The normalized spacial score (nSPS) is 9.69. The number of hydrogen-bond donors (Lipinski definition) is 1. The summed E-state index contributed by atoms with van der Waals surface area (Å²) in [6, 6.07) is 5.07.